The Labute approximate surface area is 121 Å². The van der Waals surface area contributed by atoms with Gasteiger partial charge in [-0.15, -0.1) is 0 Å². The predicted molar refractivity (Wildman–Crippen MR) is 69.4 cm³/mol. The number of primary amides is 1. The molecule has 8 heteroatoms. The van der Waals surface area contributed by atoms with Crippen molar-refractivity contribution in [2.24, 2.45) is 5.73 Å². The number of rotatable bonds is 5. The van der Waals surface area contributed by atoms with E-state index >= 15 is 0 Å². The number of carbonyl (C=O) groups excluding carboxylic acids is 2. The number of hydrogen-bond acceptors (Lipinski definition) is 2. The van der Waals surface area contributed by atoms with Gasteiger partial charge >= 0.3 is 0 Å². The zero-order chi connectivity index (χ0) is 15.4. The second kappa shape index (κ2) is 6.56. The Hall–Kier alpha value is -1.83. The Morgan fingerprint density at radius 3 is 2.20 bits per heavy atom. The SMILES string of the molecule is C=C(Br)C[C@@H](NC(=O)c1c(F)cc(F)cc1F)C(N)=O. The van der Waals surface area contributed by atoms with E-state index in [0.29, 0.717) is 16.6 Å². The van der Waals surface area contributed by atoms with Gasteiger partial charge in [0.2, 0.25) is 5.91 Å². The van der Waals surface area contributed by atoms with Crippen LogP contribution in [0.25, 0.3) is 0 Å². The van der Waals surface area contributed by atoms with Gasteiger partial charge in [0.15, 0.2) is 0 Å². The van der Waals surface area contributed by atoms with Crippen LogP contribution in [0.5, 0.6) is 0 Å². The first-order valence-corrected chi connectivity index (χ1v) is 6.09. The highest BCUT2D eigenvalue weighted by Gasteiger charge is 2.24. The Balaban J connectivity index is 3.01. The summed E-state index contributed by atoms with van der Waals surface area (Å²) in [5, 5.41) is 2.06. The van der Waals surface area contributed by atoms with Gasteiger partial charge in [0.25, 0.3) is 5.91 Å². The molecule has 2 amide bonds. The molecule has 0 spiro atoms. The van der Waals surface area contributed by atoms with Gasteiger partial charge in [0.1, 0.15) is 29.1 Å². The van der Waals surface area contributed by atoms with Crippen molar-refractivity contribution in [3.63, 3.8) is 0 Å². The molecule has 1 aromatic carbocycles. The first-order chi connectivity index (χ1) is 9.22. The van der Waals surface area contributed by atoms with Gasteiger partial charge in [-0.3, -0.25) is 9.59 Å². The molecule has 0 aromatic heterocycles. The fourth-order valence-corrected chi connectivity index (χ4v) is 1.76. The summed E-state index contributed by atoms with van der Waals surface area (Å²) in [7, 11) is 0. The van der Waals surface area contributed by atoms with E-state index in [1.165, 1.54) is 0 Å². The number of halogens is 4. The summed E-state index contributed by atoms with van der Waals surface area (Å²) in [6.45, 7) is 3.46. The van der Waals surface area contributed by atoms with E-state index in [9.17, 15) is 22.8 Å². The van der Waals surface area contributed by atoms with E-state index in [1.807, 2.05) is 0 Å². The van der Waals surface area contributed by atoms with Gasteiger partial charge in [-0.25, -0.2) is 13.2 Å². The maximum atomic E-state index is 13.4. The second-order valence-corrected chi connectivity index (χ2v) is 5.02. The molecule has 0 fully saturated rings. The van der Waals surface area contributed by atoms with Crippen molar-refractivity contribution in [3.05, 3.63) is 46.2 Å². The van der Waals surface area contributed by atoms with Crippen molar-refractivity contribution in [3.8, 4) is 0 Å². The second-order valence-electron chi connectivity index (χ2n) is 3.89. The number of nitrogens with two attached hydrogens (primary N) is 1. The number of hydrogen-bond donors (Lipinski definition) is 2. The van der Waals surface area contributed by atoms with Crippen LogP contribution in [0, 0.1) is 17.5 Å². The molecular formula is C12H10BrF3N2O2. The van der Waals surface area contributed by atoms with Gasteiger partial charge in [0.05, 0.1) is 0 Å². The smallest absolute Gasteiger partial charge is 0.257 e. The van der Waals surface area contributed by atoms with Crippen LogP contribution in [0.3, 0.4) is 0 Å². The minimum atomic E-state index is -1.37. The third-order valence-corrected chi connectivity index (χ3v) is 2.63. The fourth-order valence-electron chi connectivity index (χ4n) is 1.43. The minimum Gasteiger partial charge on any atom is -0.368 e. The van der Waals surface area contributed by atoms with E-state index in [4.69, 9.17) is 5.73 Å². The molecule has 0 unspecified atom stereocenters. The maximum absolute atomic E-state index is 13.4. The average molecular weight is 351 g/mol. The molecule has 1 rings (SSSR count). The van der Waals surface area contributed by atoms with Crippen LogP contribution in [0.2, 0.25) is 0 Å². The lowest BCUT2D eigenvalue weighted by atomic mass is 10.1. The van der Waals surface area contributed by atoms with Gasteiger partial charge < -0.3 is 11.1 Å². The lowest BCUT2D eigenvalue weighted by Crippen LogP contribution is -2.44. The molecule has 1 aromatic rings. The lowest BCUT2D eigenvalue weighted by molar-refractivity contribution is -0.119. The Morgan fingerprint density at radius 1 is 1.30 bits per heavy atom. The summed E-state index contributed by atoms with van der Waals surface area (Å²) in [4.78, 5) is 22.9. The molecule has 0 aliphatic heterocycles. The van der Waals surface area contributed by atoms with Crippen molar-refractivity contribution in [2.45, 2.75) is 12.5 Å². The van der Waals surface area contributed by atoms with Gasteiger partial charge in [-0.1, -0.05) is 22.5 Å². The Kier molecular flexibility index (Phi) is 5.32. The molecule has 0 radical (unpaired) electrons. The van der Waals surface area contributed by atoms with Crippen LogP contribution >= 0.6 is 15.9 Å². The monoisotopic (exact) mass is 350 g/mol. The number of amides is 2. The number of benzene rings is 1. The topological polar surface area (TPSA) is 72.2 Å². The van der Waals surface area contributed by atoms with Crippen LogP contribution in [-0.2, 0) is 4.79 Å². The summed E-state index contributed by atoms with van der Waals surface area (Å²) in [6.07, 6.45) is -0.0501. The zero-order valence-electron chi connectivity index (χ0n) is 10.1. The van der Waals surface area contributed by atoms with Crippen LogP contribution in [-0.4, -0.2) is 17.9 Å². The third-order valence-electron chi connectivity index (χ3n) is 2.31. The standard InChI is InChI=1S/C12H10BrF3N2O2/c1-5(13)2-9(11(17)19)18-12(20)10-7(15)3-6(14)4-8(10)16/h3-4,9H,1-2H2,(H2,17,19)(H,18,20)/t9-/m1/s1. The quantitative estimate of drug-likeness (QED) is 0.852. The summed E-state index contributed by atoms with van der Waals surface area (Å²) < 4.78 is 39.9. The Bertz CT molecular complexity index is 555. The predicted octanol–water partition coefficient (Wildman–Crippen LogP) is 1.99. The molecule has 1 atom stereocenters. The van der Waals surface area contributed by atoms with Gasteiger partial charge in [-0.2, -0.15) is 0 Å². The molecule has 3 N–H and O–H groups in total. The van der Waals surface area contributed by atoms with E-state index in [0.717, 1.165) is 0 Å². The highest BCUT2D eigenvalue weighted by atomic mass is 79.9. The molecule has 0 saturated carbocycles. The highest BCUT2D eigenvalue weighted by Crippen LogP contribution is 2.16. The van der Waals surface area contributed by atoms with Gasteiger partial charge in [0, 0.05) is 18.6 Å². The summed E-state index contributed by atoms with van der Waals surface area (Å²) in [6, 6.07) is -0.473. The molecule has 0 saturated heterocycles. The van der Waals surface area contributed by atoms with E-state index in [-0.39, 0.29) is 6.42 Å². The normalized spacial score (nSPS) is 11.8. The van der Waals surface area contributed by atoms with E-state index < -0.39 is 40.9 Å². The molecular weight excluding hydrogens is 341 g/mol. The number of carbonyl (C=O) groups is 2. The molecule has 108 valence electrons. The van der Waals surface area contributed by atoms with Crippen LogP contribution in [0.1, 0.15) is 16.8 Å². The van der Waals surface area contributed by atoms with Crippen molar-refractivity contribution in [1.82, 2.24) is 5.32 Å². The molecule has 4 nitrogen and oxygen atoms in total. The van der Waals surface area contributed by atoms with Gasteiger partial charge in [-0.05, 0) is 4.48 Å². The van der Waals surface area contributed by atoms with Crippen LogP contribution < -0.4 is 11.1 Å². The summed E-state index contributed by atoms with van der Waals surface area (Å²) in [5.41, 5.74) is 4.06. The van der Waals surface area contributed by atoms with Crippen molar-refractivity contribution in [1.29, 1.82) is 0 Å². The fraction of sp³-hybridized carbons (Fsp3) is 0.167. The third kappa shape index (κ3) is 4.09. The first-order valence-electron chi connectivity index (χ1n) is 5.30. The summed E-state index contributed by atoms with van der Waals surface area (Å²) >= 11 is 2.98. The molecule has 0 aliphatic carbocycles. The average Bonchev–Trinajstić information content (AvgIpc) is 2.25. The van der Waals surface area contributed by atoms with E-state index in [1.54, 1.807) is 0 Å². The maximum Gasteiger partial charge on any atom is 0.257 e. The highest BCUT2D eigenvalue weighted by molar-refractivity contribution is 9.11. The van der Waals surface area contributed by atoms with Crippen LogP contribution in [0.15, 0.2) is 23.2 Å². The molecule has 0 heterocycles. The molecule has 0 bridgehead atoms. The van der Waals surface area contributed by atoms with Crippen molar-refractivity contribution < 1.29 is 22.8 Å². The number of nitrogens with one attached hydrogen (secondary N) is 1. The van der Waals surface area contributed by atoms with Crippen molar-refractivity contribution in [2.75, 3.05) is 0 Å². The van der Waals surface area contributed by atoms with E-state index in [2.05, 4.69) is 27.8 Å². The molecule has 0 aliphatic rings. The van der Waals surface area contributed by atoms with Crippen LogP contribution in [0.4, 0.5) is 13.2 Å². The van der Waals surface area contributed by atoms with Crippen molar-refractivity contribution >= 4 is 27.7 Å². The zero-order valence-corrected chi connectivity index (χ0v) is 11.6. The first kappa shape index (κ1) is 16.2. The largest absolute Gasteiger partial charge is 0.368 e. The summed E-state index contributed by atoms with van der Waals surface area (Å²) in [5.74, 6) is -6.02. The molecule has 20 heavy (non-hydrogen) atoms. The lowest BCUT2D eigenvalue weighted by Gasteiger charge is -2.15. The Morgan fingerprint density at radius 2 is 1.80 bits per heavy atom. The minimum absolute atomic E-state index is 0.0501.